The highest BCUT2D eigenvalue weighted by Crippen LogP contribution is 2.29. The molecule has 2 aliphatic heterocycles. The maximum atomic E-state index is 12.8. The molecule has 0 unspecified atom stereocenters. The molecule has 8 heteroatoms. The molecule has 1 aromatic heterocycles. The first kappa shape index (κ1) is 23.0. The highest BCUT2D eigenvalue weighted by Gasteiger charge is 2.22. The van der Waals surface area contributed by atoms with Crippen molar-refractivity contribution in [3.8, 4) is 0 Å². The number of ether oxygens (including phenoxy) is 2. The van der Waals surface area contributed by atoms with E-state index < -0.39 is 0 Å². The van der Waals surface area contributed by atoms with Crippen molar-refractivity contribution in [1.29, 1.82) is 0 Å². The molecule has 0 saturated carbocycles. The second kappa shape index (κ2) is 10.2. The van der Waals surface area contributed by atoms with Gasteiger partial charge in [0, 0.05) is 49.0 Å². The Balaban J connectivity index is 1.49. The van der Waals surface area contributed by atoms with Crippen molar-refractivity contribution < 1.29 is 14.3 Å². The number of anilines is 1. The standard InChI is InChI=1S/C24H32N4O3S/c1-24(2,3)20-16-21(27-7-11-30-12-8-27)26-23(25-20)32-17-18-5-4-6-19(15-18)22(29)28-9-13-31-14-10-28/h4-6,15-16H,7-14,17H2,1-3H3. The maximum absolute atomic E-state index is 12.8. The number of benzene rings is 1. The van der Waals surface area contributed by atoms with Gasteiger partial charge in [-0.3, -0.25) is 4.79 Å². The molecule has 2 aromatic rings. The van der Waals surface area contributed by atoms with Crippen LogP contribution >= 0.6 is 11.8 Å². The van der Waals surface area contributed by atoms with Crippen LogP contribution in [0.4, 0.5) is 5.82 Å². The van der Waals surface area contributed by atoms with Crippen molar-refractivity contribution in [3.05, 3.63) is 47.2 Å². The first-order valence-corrected chi connectivity index (χ1v) is 12.2. The summed E-state index contributed by atoms with van der Waals surface area (Å²) in [7, 11) is 0. The largest absolute Gasteiger partial charge is 0.378 e. The average molecular weight is 457 g/mol. The Labute approximate surface area is 194 Å². The van der Waals surface area contributed by atoms with Gasteiger partial charge in [-0.1, -0.05) is 44.7 Å². The fourth-order valence-corrected chi connectivity index (χ4v) is 4.50. The molecule has 4 rings (SSSR count). The van der Waals surface area contributed by atoms with E-state index in [1.54, 1.807) is 11.8 Å². The monoisotopic (exact) mass is 456 g/mol. The van der Waals surface area contributed by atoms with Crippen LogP contribution in [0.2, 0.25) is 0 Å². The first-order chi connectivity index (χ1) is 15.4. The van der Waals surface area contributed by atoms with Gasteiger partial charge < -0.3 is 19.3 Å². The predicted octanol–water partition coefficient (Wildman–Crippen LogP) is 3.38. The molecular weight excluding hydrogens is 424 g/mol. The van der Waals surface area contributed by atoms with Crippen LogP contribution < -0.4 is 4.90 Å². The zero-order valence-corrected chi connectivity index (χ0v) is 20.0. The van der Waals surface area contributed by atoms with Crippen molar-refractivity contribution in [2.24, 2.45) is 0 Å². The summed E-state index contributed by atoms with van der Waals surface area (Å²) in [5.41, 5.74) is 2.78. The molecule has 172 valence electrons. The molecule has 3 heterocycles. The third kappa shape index (κ3) is 5.79. The molecule has 32 heavy (non-hydrogen) atoms. The molecule has 0 aliphatic carbocycles. The van der Waals surface area contributed by atoms with E-state index in [1.165, 1.54) is 0 Å². The summed E-state index contributed by atoms with van der Waals surface area (Å²) in [6.45, 7) is 12.2. The van der Waals surface area contributed by atoms with E-state index in [-0.39, 0.29) is 11.3 Å². The molecular formula is C24H32N4O3S. The van der Waals surface area contributed by atoms with E-state index in [1.807, 2.05) is 23.1 Å². The summed E-state index contributed by atoms with van der Waals surface area (Å²) >= 11 is 1.61. The fourth-order valence-electron chi connectivity index (χ4n) is 3.71. The van der Waals surface area contributed by atoms with Gasteiger partial charge >= 0.3 is 0 Å². The van der Waals surface area contributed by atoms with Gasteiger partial charge in [0.25, 0.3) is 5.91 Å². The van der Waals surface area contributed by atoms with Crippen LogP contribution in [0, 0.1) is 0 Å². The molecule has 2 fully saturated rings. The lowest BCUT2D eigenvalue weighted by Crippen LogP contribution is -2.40. The van der Waals surface area contributed by atoms with Gasteiger partial charge in [0.2, 0.25) is 0 Å². The summed E-state index contributed by atoms with van der Waals surface area (Å²) in [6.07, 6.45) is 0. The number of hydrogen-bond donors (Lipinski definition) is 0. The number of aromatic nitrogens is 2. The molecule has 0 N–H and O–H groups in total. The van der Waals surface area contributed by atoms with Crippen LogP contribution in [0.1, 0.15) is 42.4 Å². The molecule has 1 amide bonds. The number of thioether (sulfide) groups is 1. The van der Waals surface area contributed by atoms with Gasteiger partial charge in [0.1, 0.15) is 5.82 Å². The number of nitrogens with zero attached hydrogens (tertiary/aromatic N) is 4. The van der Waals surface area contributed by atoms with Gasteiger partial charge in [0.15, 0.2) is 5.16 Å². The molecule has 7 nitrogen and oxygen atoms in total. The van der Waals surface area contributed by atoms with Crippen molar-refractivity contribution in [2.45, 2.75) is 37.1 Å². The zero-order valence-electron chi connectivity index (χ0n) is 19.2. The number of morpholine rings is 2. The topological polar surface area (TPSA) is 67.8 Å². The van der Waals surface area contributed by atoms with E-state index in [0.717, 1.165) is 54.1 Å². The van der Waals surface area contributed by atoms with Crippen LogP contribution in [-0.2, 0) is 20.6 Å². The van der Waals surface area contributed by atoms with Gasteiger partial charge in [-0.15, -0.1) is 0 Å². The molecule has 0 bridgehead atoms. The van der Waals surface area contributed by atoms with E-state index >= 15 is 0 Å². The average Bonchev–Trinajstić information content (AvgIpc) is 2.83. The Morgan fingerprint density at radius 1 is 1.00 bits per heavy atom. The highest BCUT2D eigenvalue weighted by atomic mass is 32.2. The maximum Gasteiger partial charge on any atom is 0.254 e. The van der Waals surface area contributed by atoms with E-state index in [4.69, 9.17) is 19.4 Å². The molecule has 1 aromatic carbocycles. The molecule has 2 aliphatic rings. The fraction of sp³-hybridized carbons (Fsp3) is 0.542. The summed E-state index contributed by atoms with van der Waals surface area (Å²) in [4.78, 5) is 26.7. The Kier molecular flexibility index (Phi) is 7.33. The predicted molar refractivity (Wildman–Crippen MR) is 126 cm³/mol. The Morgan fingerprint density at radius 3 is 2.38 bits per heavy atom. The summed E-state index contributed by atoms with van der Waals surface area (Å²) < 4.78 is 10.9. The van der Waals surface area contributed by atoms with E-state index in [9.17, 15) is 4.79 Å². The van der Waals surface area contributed by atoms with Crippen LogP contribution in [-0.4, -0.2) is 73.4 Å². The van der Waals surface area contributed by atoms with Crippen LogP contribution in [0.3, 0.4) is 0 Å². The van der Waals surface area contributed by atoms with E-state index in [0.29, 0.717) is 32.1 Å². The van der Waals surface area contributed by atoms with Gasteiger partial charge in [-0.25, -0.2) is 9.97 Å². The minimum atomic E-state index is -0.0657. The lowest BCUT2D eigenvalue weighted by Gasteiger charge is -2.29. The second-order valence-electron chi connectivity index (χ2n) is 9.14. The van der Waals surface area contributed by atoms with Gasteiger partial charge in [-0.05, 0) is 17.7 Å². The number of amides is 1. The van der Waals surface area contributed by atoms with Gasteiger partial charge in [-0.2, -0.15) is 0 Å². The van der Waals surface area contributed by atoms with Crippen LogP contribution in [0.15, 0.2) is 35.5 Å². The molecule has 0 radical (unpaired) electrons. The minimum Gasteiger partial charge on any atom is -0.378 e. The first-order valence-electron chi connectivity index (χ1n) is 11.2. The third-order valence-electron chi connectivity index (χ3n) is 5.64. The third-order valence-corrected chi connectivity index (χ3v) is 6.55. The quantitative estimate of drug-likeness (QED) is 0.505. The summed E-state index contributed by atoms with van der Waals surface area (Å²) in [5.74, 6) is 1.74. The van der Waals surface area contributed by atoms with Crippen molar-refractivity contribution in [1.82, 2.24) is 14.9 Å². The number of carbonyl (C=O) groups is 1. The van der Waals surface area contributed by atoms with Crippen molar-refractivity contribution in [2.75, 3.05) is 57.5 Å². The number of rotatable bonds is 5. The highest BCUT2D eigenvalue weighted by molar-refractivity contribution is 7.98. The second-order valence-corrected chi connectivity index (χ2v) is 10.1. The smallest absolute Gasteiger partial charge is 0.254 e. The lowest BCUT2D eigenvalue weighted by molar-refractivity contribution is 0.0303. The molecule has 0 spiro atoms. The van der Waals surface area contributed by atoms with Crippen LogP contribution in [0.5, 0.6) is 0 Å². The molecule has 2 saturated heterocycles. The molecule has 0 atom stereocenters. The SMILES string of the molecule is CC(C)(C)c1cc(N2CCOCC2)nc(SCc2cccc(C(=O)N3CCOCC3)c2)n1. The lowest BCUT2D eigenvalue weighted by atomic mass is 9.92. The number of carbonyl (C=O) groups excluding carboxylic acids is 1. The Morgan fingerprint density at radius 2 is 1.69 bits per heavy atom. The van der Waals surface area contributed by atoms with Gasteiger partial charge in [0.05, 0.1) is 32.1 Å². The van der Waals surface area contributed by atoms with Crippen molar-refractivity contribution >= 4 is 23.5 Å². The Bertz CT molecular complexity index is 935. The minimum absolute atomic E-state index is 0.0657. The van der Waals surface area contributed by atoms with Crippen LogP contribution in [0.25, 0.3) is 0 Å². The zero-order chi connectivity index (χ0) is 22.6. The summed E-state index contributed by atoms with van der Waals surface area (Å²) in [6, 6.07) is 9.99. The van der Waals surface area contributed by atoms with Crippen molar-refractivity contribution in [3.63, 3.8) is 0 Å². The Hall–Kier alpha value is -2.16. The van der Waals surface area contributed by atoms with E-state index in [2.05, 4.69) is 37.8 Å². The normalized spacial score (nSPS) is 17.5. The number of hydrogen-bond acceptors (Lipinski definition) is 7. The summed E-state index contributed by atoms with van der Waals surface area (Å²) in [5, 5.41) is 0.767.